The van der Waals surface area contributed by atoms with Gasteiger partial charge in [-0.3, -0.25) is 4.79 Å². The molecule has 2 aliphatic heterocycles. The lowest BCUT2D eigenvalue weighted by molar-refractivity contribution is 0.0443. The van der Waals surface area contributed by atoms with Crippen LogP contribution in [0.4, 0.5) is 0 Å². The fourth-order valence-corrected chi connectivity index (χ4v) is 2.71. The summed E-state index contributed by atoms with van der Waals surface area (Å²) in [7, 11) is 0. The predicted octanol–water partition coefficient (Wildman–Crippen LogP) is 2.26. The molecule has 2 aromatic rings. The minimum atomic E-state index is -0.711. The third kappa shape index (κ3) is 1.87. The second-order valence-electron chi connectivity index (χ2n) is 5.24. The van der Waals surface area contributed by atoms with Gasteiger partial charge in [-0.1, -0.05) is 18.2 Å². The van der Waals surface area contributed by atoms with Crippen LogP contribution in [0.2, 0.25) is 0 Å². The Balaban J connectivity index is 1.73. The molecule has 0 bridgehead atoms. The molecule has 4 rings (SSSR count). The number of cyclic esters (lactones) is 2. The number of rotatable bonds is 2. The zero-order valence-corrected chi connectivity index (χ0v) is 11.4. The first-order chi connectivity index (χ1) is 10.6. The quantitative estimate of drug-likeness (QED) is 0.483. The van der Waals surface area contributed by atoms with Crippen molar-refractivity contribution in [3.05, 3.63) is 69.8 Å². The largest absolute Gasteiger partial charge is 0.386 e. The Kier molecular flexibility index (Phi) is 2.71. The van der Waals surface area contributed by atoms with Gasteiger partial charge in [0.15, 0.2) is 5.78 Å². The first kappa shape index (κ1) is 12.9. The standard InChI is InChI=1S/C17H10O5/c18-15(9-1-2-11-7-21-8-12(11)5-9)10-3-4-13-14(6-10)17(20)22-16(13)19/h1-6H,7-8H2. The van der Waals surface area contributed by atoms with E-state index in [0.29, 0.717) is 24.3 Å². The minimum absolute atomic E-state index is 0.139. The average Bonchev–Trinajstić information content (AvgIpc) is 3.10. The molecule has 0 aliphatic carbocycles. The highest BCUT2D eigenvalue weighted by Gasteiger charge is 2.30. The van der Waals surface area contributed by atoms with Crippen LogP contribution in [0.3, 0.4) is 0 Å². The molecule has 0 saturated heterocycles. The van der Waals surface area contributed by atoms with Crippen LogP contribution < -0.4 is 0 Å². The number of hydrogen-bond donors (Lipinski definition) is 0. The maximum atomic E-state index is 12.6. The summed E-state index contributed by atoms with van der Waals surface area (Å²) < 4.78 is 9.86. The Hall–Kier alpha value is -2.79. The number of fused-ring (bicyclic) bond motifs is 2. The van der Waals surface area contributed by atoms with Crippen LogP contribution in [-0.2, 0) is 22.7 Å². The molecule has 5 heteroatoms. The van der Waals surface area contributed by atoms with E-state index in [1.807, 2.05) is 6.07 Å². The fourth-order valence-electron chi connectivity index (χ4n) is 2.71. The summed E-state index contributed by atoms with van der Waals surface area (Å²) in [6, 6.07) is 9.82. The first-order valence-corrected chi connectivity index (χ1v) is 6.78. The van der Waals surface area contributed by atoms with Crippen molar-refractivity contribution in [2.24, 2.45) is 0 Å². The summed E-state index contributed by atoms with van der Waals surface area (Å²) in [5, 5.41) is 0. The molecule has 0 spiro atoms. The summed E-state index contributed by atoms with van der Waals surface area (Å²) in [6.45, 7) is 1.07. The number of ether oxygens (including phenoxy) is 2. The Labute approximate surface area is 125 Å². The van der Waals surface area contributed by atoms with Gasteiger partial charge in [0.2, 0.25) is 0 Å². The predicted molar refractivity (Wildman–Crippen MR) is 74.6 cm³/mol. The van der Waals surface area contributed by atoms with E-state index in [1.54, 1.807) is 12.1 Å². The van der Waals surface area contributed by atoms with Gasteiger partial charge in [0.1, 0.15) is 0 Å². The fraction of sp³-hybridized carbons (Fsp3) is 0.118. The monoisotopic (exact) mass is 294 g/mol. The van der Waals surface area contributed by atoms with Crippen LogP contribution in [0.15, 0.2) is 36.4 Å². The third-order valence-corrected chi connectivity index (χ3v) is 3.89. The molecule has 0 amide bonds. The van der Waals surface area contributed by atoms with Gasteiger partial charge in [0.05, 0.1) is 24.3 Å². The van der Waals surface area contributed by atoms with Crippen LogP contribution in [0.5, 0.6) is 0 Å². The van der Waals surface area contributed by atoms with Gasteiger partial charge in [-0.05, 0) is 29.3 Å². The maximum absolute atomic E-state index is 12.6. The van der Waals surface area contributed by atoms with Crippen LogP contribution in [0.25, 0.3) is 0 Å². The molecule has 108 valence electrons. The van der Waals surface area contributed by atoms with E-state index in [9.17, 15) is 14.4 Å². The molecule has 2 heterocycles. The number of esters is 2. The van der Waals surface area contributed by atoms with Crippen molar-refractivity contribution in [3.8, 4) is 0 Å². The highest BCUT2D eigenvalue weighted by molar-refractivity contribution is 6.17. The van der Waals surface area contributed by atoms with Crippen LogP contribution in [-0.4, -0.2) is 17.7 Å². The number of carbonyl (C=O) groups is 3. The van der Waals surface area contributed by atoms with Gasteiger partial charge in [-0.2, -0.15) is 0 Å². The maximum Gasteiger partial charge on any atom is 0.346 e. The average molecular weight is 294 g/mol. The highest BCUT2D eigenvalue weighted by Crippen LogP contribution is 2.25. The van der Waals surface area contributed by atoms with Crippen molar-refractivity contribution < 1.29 is 23.9 Å². The van der Waals surface area contributed by atoms with Crippen molar-refractivity contribution in [2.75, 3.05) is 0 Å². The smallest absolute Gasteiger partial charge is 0.346 e. The topological polar surface area (TPSA) is 69.7 Å². The van der Waals surface area contributed by atoms with E-state index in [2.05, 4.69) is 4.74 Å². The summed E-state index contributed by atoms with van der Waals surface area (Å²) in [6.07, 6.45) is 0. The molecule has 0 aromatic heterocycles. The zero-order chi connectivity index (χ0) is 15.3. The number of hydrogen-bond acceptors (Lipinski definition) is 5. The second kappa shape index (κ2) is 4.61. The second-order valence-corrected chi connectivity index (χ2v) is 5.24. The number of benzene rings is 2. The molecular weight excluding hydrogens is 284 g/mol. The van der Waals surface area contributed by atoms with Gasteiger partial charge in [0.25, 0.3) is 0 Å². The molecule has 0 atom stereocenters. The highest BCUT2D eigenvalue weighted by atomic mass is 16.6. The lowest BCUT2D eigenvalue weighted by atomic mass is 9.97. The van der Waals surface area contributed by atoms with E-state index in [4.69, 9.17) is 4.74 Å². The Bertz CT molecular complexity index is 850. The van der Waals surface area contributed by atoms with E-state index in [0.717, 1.165) is 11.1 Å². The molecule has 0 N–H and O–H groups in total. The van der Waals surface area contributed by atoms with Crippen molar-refractivity contribution in [1.29, 1.82) is 0 Å². The van der Waals surface area contributed by atoms with E-state index >= 15 is 0 Å². The lowest BCUT2D eigenvalue weighted by Crippen LogP contribution is -2.04. The molecule has 5 nitrogen and oxygen atoms in total. The summed E-state index contributed by atoms with van der Waals surface area (Å²) in [5.74, 6) is -1.59. The molecule has 0 unspecified atom stereocenters. The third-order valence-electron chi connectivity index (χ3n) is 3.89. The van der Waals surface area contributed by atoms with Crippen LogP contribution in [0.1, 0.15) is 47.8 Å². The van der Waals surface area contributed by atoms with E-state index < -0.39 is 11.9 Å². The number of carbonyl (C=O) groups excluding carboxylic acids is 3. The Morgan fingerprint density at radius 1 is 0.818 bits per heavy atom. The van der Waals surface area contributed by atoms with Gasteiger partial charge < -0.3 is 9.47 Å². The van der Waals surface area contributed by atoms with Gasteiger partial charge in [0, 0.05) is 11.1 Å². The number of ketones is 1. The zero-order valence-electron chi connectivity index (χ0n) is 11.4. The Morgan fingerprint density at radius 3 is 2.36 bits per heavy atom. The van der Waals surface area contributed by atoms with Crippen LogP contribution >= 0.6 is 0 Å². The molecule has 2 aromatic carbocycles. The lowest BCUT2D eigenvalue weighted by Gasteiger charge is -2.04. The molecule has 0 fully saturated rings. The first-order valence-electron chi connectivity index (χ1n) is 6.78. The van der Waals surface area contributed by atoms with Gasteiger partial charge >= 0.3 is 11.9 Å². The summed E-state index contributed by atoms with van der Waals surface area (Å²) >= 11 is 0. The van der Waals surface area contributed by atoms with Crippen molar-refractivity contribution in [2.45, 2.75) is 13.2 Å². The summed E-state index contributed by atoms with van der Waals surface area (Å²) in [5.41, 5.74) is 3.30. The molecule has 0 radical (unpaired) electrons. The molecule has 0 saturated carbocycles. The van der Waals surface area contributed by atoms with Crippen molar-refractivity contribution >= 4 is 17.7 Å². The van der Waals surface area contributed by atoms with Gasteiger partial charge in [-0.15, -0.1) is 0 Å². The minimum Gasteiger partial charge on any atom is -0.386 e. The molecular formula is C17H10O5. The SMILES string of the molecule is O=C(c1ccc2c(c1)COC2)c1ccc2c(c1)C(=O)OC2=O. The Morgan fingerprint density at radius 2 is 1.50 bits per heavy atom. The molecule has 22 heavy (non-hydrogen) atoms. The normalized spacial score (nSPS) is 15.5. The molecule has 2 aliphatic rings. The van der Waals surface area contributed by atoms with E-state index in [1.165, 1.54) is 18.2 Å². The van der Waals surface area contributed by atoms with Crippen LogP contribution in [0, 0.1) is 0 Å². The van der Waals surface area contributed by atoms with Crippen molar-refractivity contribution in [1.82, 2.24) is 0 Å². The van der Waals surface area contributed by atoms with Crippen molar-refractivity contribution in [3.63, 3.8) is 0 Å². The van der Waals surface area contributed by atoms with Gasteiger partial charge in [-0.25, -0.2) is 9.59 Å². The summed E-state index contributed by atoms with van der Waals surface area (Å²) in [4.78, 5) is 35.5. The van der Waals surface area contributed by atoms with E-state index in [-0.39, 0.29) is 16.9 Å².